The van der Waals surface area contributed by atoms with Crippen molar-refractivity contribution in [1.82, 2.24) is 0 Å². The minimum atomic E-state index is -1.23. The number of unbranched alkanes of at least 4 members (excludes halogenated alkanes) is 1. The molecule has 0 saturated heterocycles. The van der Waals surface area contributed by atoms with E-state index in [1.54, 1.807) is 0 Å². The molecule has 0 bridgehead atoms. The molecule has 2 N–H and O–H groups in total. The molecular formula is C23H20Cl2N2O4. The Bertz CT molecular complexity index is 1100. The zero-order valence-corrected chi connectivity index (χ0v) is 18.0. The zero-order valence-electron chi connectivity index (χ0n) is 16.5. The average molecular weight is 459 g/mol. The summed E-state index contributed by atoms with van der Waals surface area (Å²) in [7, 11) is 0. The molecule has 8 heteroatoms. The standard InChI is InChI=1S/C23H20Cl2N2O4/c24-20-11-7-16(13-21(20)25)4-2-1-3-15-5-8-17(9-6-15)26-22-12-10-18(27(30)31)14-19(22)23(28)29/h5-14,26H,1-4H2,(H,28,29). The first-order valence-electron chi connectivity index (χ1n) is 9.65. The minimum Gasteiger partial charge on any atom is -0.478 e. The van der Waals surface area contributed by atoms with Crippen LogP contribution in [0.1, 0.15) is 34.3 Å². The molecule has 31 heavy (non-hydrogen) atoms. The Kier molecular flexibility index (Phi) is 7.50. The maximum Gasteiger partial charge on any atom is 0.338 e. The van der Waals surface area contributed by atoms with Crippen LogP contribution in [0.25, 0.3) is 0 Å². The summed E-state index contributed by atoms with van der Waals surface area (Å²) in [5.74, 6) is -1.23. The Morgan fingerprint density at radius 2 is 1.55 bits per heavy atom. The second kappa shape index (κ2) is 10.3. The van der Waals surface area contributed by atoms with Gasteiger partial charge < -0.3 is 10.4 Å². The Balaban J connectivity index is 1.56. The maximum atomic E-state index is 11.4. The number of nitrogens with zero attached hydrogens (tertiary/aromatic N) is 1. The van der Waals surface area contributed by atoms with Crippen molar-refractivity contribution < 1.29 is 14.8 Å². The van der Waals surface area contributed by atoms with E-state index in [-0.39, 0.29) is 11.3 Å². The van der Waals surface area contributed by atoms with Gasteiger partial charge in [-0.1, -0.05) is 41.4 Å². The summed E-state index contributed by atoms with van der Waals surface area (Å²) in [4.78, 5) is 21.7. The first-order valence-corrected chi connectivity index (χ1v) is 10.4. The summed E-state index contributed by atoms with van der Waals surface area (Å²) in [6, 6.07) is 17.1. The topological polar surface area (TPSA) is 92.5 Å². The van der Waals surface area contributed by atoms with Gasteiger partial charge in [0.15, 0.2) is 0 Å². The zero-order chi connectivity index (χ0) is 22.4. The van der Waals surface area contributed by atoms with Gasteiger partial charge in [0, 0.05) is 17.8 Å². The normalized spacial score (nSPS) is 10.6. The molecule has 160 valence electrons. The van der Waals surface area contributed by atoms with Gasteiger partial charge in [0.25, 0.3) is 5.69 Å². The predicted molar refractivity (Wildman–Crippen MR) is 123 cm³/mol. The average Bonchev–Trinajstić information content (AvgIpc) is 2.74. The molecule has 0 aliphatic heterocycles. The summed E-state index contributed by atoms with van der Waals surface area (Å²) < 4.78 is 0. The summed E-state index contributed by atoms with van der Waals surface area (Å²) in [6.45, 7) is 0. The number of nitrogens with one attached hydrogen (secondary N) is 1. The number of aromatic carboxylic acids is 1. The molecule has 0 radical (unpaired) electrons. The molecule has 0 aliphatic rings. The van der Waals surface area contributed by atoms with Crippen molar-refractivity contribution in [1.29, 1.82) is 0 Å². The van der Waals surface area contributed by atoms with Crippen molar-refractivity contribution in [3.63, 3.8) is 0 Å². The van der Waals surface area contributed by atoms with E-state index in [1.165, 1.54) is 17.7 Å². The molecule has 0 amide bonds. The third-order valence-electron chi connectivity index (χ3n) is 4.84. The van der Waals surface area contributed by atoms with E-state index in [9.17, 15) is 20.0 Å². The number of carbonyl (C=O) groups is 1. The number of hydrogen-bond donors (Lipinski definition) is 2. The molecule has 0 saturated carbocycles. The monoisotopic (exact) mass is 458 g/mol. The molecular weight excluding hydrogens is 439 g/mol. The van der Waals surface area contributed by atoms with E-state index >= 15 is 0 Å². The second-order valence-electron chi connectivity index (χ2n) is 7.07. The Labute approximate surface area is 189 Å². The highest BCUT2D eigenvalue weighted by Gasteiger charge is 2.16. The molecule has 0 heterocycles. The van der Waals surface area contributed by atoms with Gasteiger partial charge in [-0.15, -0.1) is 0 Å². The number of hydrogen-bond acceptors (Lipinski definition) is 4. The number of halogens is 2. The lowest BCUT2D eigenvalue weighted by atomic mass is 10.0. The third-order valence-corrected chi connectivity index (χ3v) is 5.58. The van der Waals surface area contributed by atoms with Crippen LogP contribution in [0.3, 0.4) is 0 Å². The van der Waals surface area contributed by atoms with Gasteiger partial charge in [0.05, 0.1) is 26.2 Å². The van der Waals surface area contributed by atoms with E-state index in [0.717, 1.165) is 37.3 Å². The van der Waals surface area contributed by atoms with E-state index in [0.29, 0.717) is 21.4 Å². The first-order chi connectivity index (χ1) is 14.8. The lowest BCUT2D eigenvalue weighted by Gasteiger charge is -2.10. The van der Waals surface area contributed by atoms with Crippen LogP contribution in [0.15, 0.2) is 60.7 Å². The largest absolute Gasteiger partial charge is 0.478 e. The van der Waals surface area contributed by atoms with Crippen molar-refractivity contribution in [2.24, 2.45) is 0 Å². The molecule has 0 aromatic heterocycles. The van der Waals surface area contributed by atoms with E-state index in [1.807, 2.05) is 42.5 Å². The molecule has 0 unspecified atom stereocenters. The minimum absolute atomic E-state index is 0.152. The lowest BCUT2D eigenvalue weighted by molar-refractivity contribution is -0.384. The van der Waals surface area contributed by atoms with Crippen LogP contribution >= 0.6 is 23.2 Å². The Hall–Kier alpha value is -3.09. The van der Waals surface area contributed by atoms with E-state index in [2.05, 4.69) is 5.32 Å². The number of carboxylic acids is 1. The van der Waals surface area contributed by atoms with Crippen molar-refractivity contribution in [3.8, 4) is 0 Å². The smallest absolute Gasteiger partial charge is 0.338 e. The van der Waals surface area contributed by atoms with Crippen LogP contribution in [0.5, 0.6) is 0 Å². The highest BCUT2D eigenvalue weighted by atomic mass is 35.5. The fourth-order valence-electron chi connectivity index (χ4n) is 3.20. The highest BCUT2D eigenvalue weighted by Crippen LogP contribution is 2.26. The third kappa shape index (κ3) is 6.20. The van der Waals surface area contributed by atoms with Crippen molar-refractivity contribution in [2.45, 2.75) is 25.7 Å². The number of carboxylic acid groups (broad SMARTS) is 1. The fourth-order valence-corrected chi connectivity index (χ4v) is 3.52. The fraction of sp³-hybridized carbons (Fsp3) is 0.174. The quantitative estimate of drug-likeness (QED) is 0.206. The first kappa shape index (κ1) is 22.6. The van der Waals surface area contributed by atoms with Gasteiger partial charge in [-0.05, 0) is 67.1 Å². The number of nitro benzene ring substituents is 1. The molecule has 0 fully saturated rings. The Morgan fingerprint density at radius 3 is 2.16 bits per heavy atom. The molecule has 3 aromatic rings. The van der Waals surface area contributed by atoms with Gasteiger partial charge in [0.1, 0.15) is 0 Å². The summed E-state index contributed by atoms with van der Waals surface area (Å²) in [5.41, 5.74) is 2.91. The number of aryl methyl sites for hydroxylation is 2. The van der Waals surface area contributed by atoms with Crippen LogP contribution in [0.2, 0.25) is 10.0 Å². The van der Waals surface area contributed by atoms with Gasteiger partial charge in [0.2, 0.25) is 0 Å². The van der Waals surface area contributed by atoms with E-state index in [4.69, 9.17) is 23.2 Å². The van der Waals surface area contributed by atoms with Gasteiger partial charge >= 0.3 is 5.97 Å². The molecule has 3 rings (SSSR count). The van der Waals surface area contributed by atoms with Crippen LogP contribution in [0.4, 0.5) is 17.1 Å². The number of nitro groups is 1. The Morgan fingerprint density at radius 1 is 0.903 bits per heavy atom. The van der Waals surface area contributed by atoms with Gasteiger partial charge in [-0.3, -0.25) is 10.1 Å². The number of non-ortho nitro benzene ring substituents is 1. The summed E-state index contributed by atoms with van der Waals surface area (Å²) >= 11 is 12.0. The number of rotatable bonds is 9. The molecule has 0 spiro atoms. The number of benzene rings is 3. The van der Waals surface area contributed by atoms with Gasteiger partial charge in [-0.25, -0.2) is 4.79 Å². The molecule has 0 aliphatic carbocycles. The molecule has 0 atom stereocenters. The van der Waals surface area contributed by atoms with Crippen molar-refractivity contribution >= 4 is 46.2 Å². The van der Waals surface area contributed by atoms with Crippen LogP contribution in [0, 0.1) is 10.1 Å². The van der Waals surface area contributed by atoms with Crippen LogP contribution < -0.4 is 5.32 Å². The second-order valence-corrected chi connectivity index (χ2v) is 7.88. The van der Waals surface area contributed by atoms with Crippen LogP contribution in [-0.4, -0.2) is 16.0 Å². The molecule has 6 nitrogen and oxygen atoms in total. The predicted octanol–water partition coefficient (Wildman–Crippen LogP) is 6.91. The SMILES string of the molecule is O=C(O)c1cc([N+](=O)[O-])ccc1Nc1ccc(CCCCc2ccc(Cl)c(Cl)c2)cc1. The number of anilines is 2. The summed E-state index contributed by atoms with van der Waals surface area (Å²) in [5, 5.41) is 24.4. The van der Waals surface area contributed by atoms with Gasteiger partial charge in [-0.2, -0.15) is 0 Å². The highest BCUT2D eigenvalue weighted by molar-refractivity contribution is 6.42. The maximum absolute atomic E-state index is 11.4. The van der Waals surface area contributed by atoms with Crippen molar-refractivity contribution in [2.75, 3.05) is 5.32 Å². The van der Waals surface area contributed by atoms with Crippen molar-refractivity contribution in [3.05, 3.63) is 97.5 Å². The molecule has 3 aromatic carbocycles. The van der Waals surface area contributed by atoms with E-state index < -0.39 is 10.9 Å². The van der Waals surface area contributed by atoms with Crippen LogP contribution in [-0.2, 0) is 12.8 Å². The summed E-state index contributed by atoms with van der Waals surface area (Å²) in [6.07, 6.45) is 3.87. The lowest BCUT2D eigenvalue weighted by Crippen LogP contribution is -2.04.